The number of anilines is 3. The number of rotatable bonds is 10. The van der Waals surface area contributed by atoms with Crippen molar-refractivity contribution in [2.45, 2.75) is 12.2 Å². The van der Waals surface area contributed by atoms with Gasteiger partial charge in [0, 0.05) is 31.8 Å². The second-order valence-corrected chi connectivity index (χ2v) is 14.1. The Morgan fingerprint density at radius 1 is 0.821 bits per heavy atom. The molecule has 1 atom stereocenters. The van der Waals surface area contributed by atoms with Crippen molar-refractivity contribution < 1.29 is 9.47 Å². The predicted octanol–water partition coefficient (Wildman–Crippen LogP) is 10.8. The Morgan fingerprint density at radius 2 is 1.36 bits per heavy atom. The maximum Gasteiger partial charge on any atom is 0.179 e. The Morgan fingerprint density at radius 3 is 1.90 bits per heavy atom. The van der Waals surface area contributed by atoms with Crippen LogP contribution in [0.15, 0.2) is 81.7 Å². The Bertz CT molecular complexity index is 1350. The third-order valence-corrected chi connectivity index (χ3v) is 10.6. The number of ether oxygens (including phenoxy) is 2. The van der Waals surface area contributed by atoms with Gasteiger partial charge in [0.1, 0.15) is 13.2 Å². The fourth-order valence-electron chi connectivity index (χ4n) is 4.40. The summed E-state index contributed by atoms with van der Waals surface area (Å²) in [5.74, 6) is 3.98. The van der Waals surface area contributed by atoms with Crippen LogP contribution in [0, 0.1) is 0 Å². The molecule has 0 bridgehead atoms. The van der Waals surface area contributed by atoms with Crippen molar-refractivity contribution in [2.24, 2.45) is 0 Å². The highest BCUT2D eigenvalue weighted by Gasteiger charge is 2.28. The summed E-state index contributed by atoms with van der Waals surface area (Å²) in [5, 5.41) is 0.412. The summed E-state index contributed by atoms with van der Waals surface area (Å²) in [7, 11) is 0. The smallest absolute Gasteiger partial charge is 0.179 e. The molecule has 2 heterocycles. The van der Waals surface area contributed by atoms with Crippen LogP contribution in [0.4, 0.5) is 17.1 Å². The van der Waals surface area contributed by atoms with Crippen LogP contribution in [-0.4, -0.2) is 31.0 Å². The van der Waals surface area contributed by atoms with Gasteiger partial charge in [0.15, 0.2) is 11.5 Å². The summed E-state index contributed by atoms with van der Waals surface area (Å²) in [6.07, 6.45) is 6.50. The van der Waals surface area contributed by atoms with E-state index < -0.39 is 0 Å². The minimum Gasteiger partial charge on any atom is -0.485 e. The molecule has 5 rings (SSSR count). The number of thioether (sulfide) groups is 2. The van der Waals surface area contributed by atoms with Crippen molar-refractivity contribution in [3.05, 3.63) is 97.1 Å². The van der Waals surface area contributed by atoms with E-state index >= 15 is 0 Å². The molecule has 39 heavy (non-hydrogen) atoms. The Labute approximate surface area is 260 Å². The van der Waals surface area contributed by atoms with Crippen LogP contribution >= 0.6 is 66.7 Å². The maximum absolute atomic E-state index is 6.12. The molecule has 0 saturated carbocycles. The highest BCUT2D eigenvalue weighted by atomic mass is 79.9. The second-order valence-electron chi connectivity index (χ2n) is 8.80. The standard InChI is InChI=1S/C31H29Br2NO2S3/c1-3-38-28(20-37-2)31-30-29(35-18-19-36-30)27(39-31)17-6-21-4-11-24(12-5-21)34(25-13-7-22(32)8-14-25)26-15-9-23(33)10-16-26/h4-17,28H,3,18-20H2,1-2H3/b17-6+. The lowest BCUT2D eigenvalue weighted by Crippen LogP contribution is -2.15. The first-order chi connectivity index (χ1) is 19.1. The minimum absolute atomic E-state index is 0.412. The molecule has 202 valence electrons. The van der Waals surface area contributed by atoms with Crippen molar-refractivity contribution >= 4 is 95.9 Å². The van der Waals surface area contributed by atoms with Crippen LogP contribution in [-0.2, 0) is 0 Å². The molecule has 0 spiro atoms. The summed E-state index contributed by atoms with van der Waals surface area (Å²) < 4.78 is 14.3. The lowest BCUT2D eigenvalue weighted by Gasteiger charge is -2.25. The van der Waals surface area contributed by atoms with Gasteiger partial charge in [-0.1, -0.05) is 57.0 Å². The molecule has 4 aromatic rings. The van der Waals surface area contributed by atoms with Gasteiger partial charge in [-0.25, -0.2) is 0 Å². The summed E-state index contributed by atoms with van der Waals surface area (Å²) in [5.41, 5.74) is 4.43. The monoisotopic (exact) mass is 701 g/mol. The molecule has 8 heteroatoms. The molecule has 0 fully saturated rings. The van der Waals surface area contributed by atoms with Gasteiger partial charge in [-0.2, -0.15) is 23.5 Å². The van der Waals surface area contributed by atoms with Gasteiger partial charge < -0.3 is 14.4 Å². The van der Waals surface area contributed by atoms with Gasteiger partial charge >= 0.3 is 0 Å². The van der Waals surface area contributed by atoms with E-state index in [1.165, 1.54) is 4.88 Å². The van der Waals surface area contributed by atoms with Crippen molar-refractivity contribution in [2.75, 3.05) is 35.9 Å². The molecule has 0 saturated heterocycles. The number of nitrogens with zero attached hydrogens (tertiary/aromatic N) is 1. The van der Waals surface area contributed by atoms with Crippen LogP contribution in [0.3, 0.4) is 0 Å². The predicted molar refractivity (Wildman–Crippen MR) is 180 cm³/mol. The average Bonchev–Trinajstić information content (AvgIpc) is 3.33. The van der Waals surface area contributed by atoms with Crippen LogP contribution in [0.1, 0.15) is 27.5 Å². The summed E-state index contributed by atoms with van der Waals surface area (Å²) in [6.45, 7) is 3.42. The van der Waals surface area contributed by atoms with E-state index in [-0.39, 0.29) is 0 Å². The Balaban J connectivity index is 1.43. The molecular weight excluding hydrogens is 674 g/mol. The molecule has 1 aromatic heterocycles. The third-order valence-electron chi connectivity index (χ3n) is 6.18. The highest BCUT2D eigenvalue weighted by Crippen LogP contribution is 2.51. The lowest BCUT2D eigenvalue weighted by molar-refractivity contribution is 0.172. The number of hydrogen-bond acceptors (Lipinski definition) is 6. The first-order valence-electron chi connectivity index (χ1n) is 12.7. The van der Waals surface area contributed by atoms with E-state index in [9.17, 15) is 0 Å². The second kappa shape index (κ2) is 13.7. The molecular formula is C31H29Br2NO2S3. The van der Waals surface area contributed by atoms with Crippen LogP contribution in [0.25, 0.3) is 12.2 Å². The van der Waals surface area contributed by atoms with Crippen molar-refractivity contribution in [1.29, 1.82) is 0 Å². The van der Waals surface area contributed by atoms with Crippen molar-refractivity contribution in [1.82, 2.24) is 0 Å². The molecule has 1 unspecified atom stereocenters. The fraction of sp³-hybridized carbons (Fsp3) is 0.226. The van der Waals surface area contributed by atoms with E-state index in [4.69, 9.17) is 9.47 Å². The zero-order chi connectivity index (χ0) is 27.2. The number of hydrogen-bond donors (Lipinski definition) is 0. The van der Waals surface area contributed by atoms with Gasteiger partial charge in [0.05, 0.1) is 15.0 Å². The van der Waals surface area contributed by atoms with Gasteiger partial charge in [0.25, 0.3) is 0 Å². The van der Waals surface area contributed by atoms with Gasteiger partial charge in [-0.15, -0.1) is 11.3 Å². The molecule has 3 aromatic carbocycles. The molecule has 0 amide bonds. The van der Waals surface area contributed by atoms with Crippen LogP contribution in [0.2, 0.25) is 0 Å². The summed E-state index contributed by atoms with van der Waals surface area (Å²) in [6, 6.07) is 25.5. The SMILES string of the molecule is CCSC(CSC)c1sc(/C=C/c2ccc(N(c3ccc(Br)cc3)c3ccc(Br)cc3)cc2)c2c1OCCO2. The van der Waals surface area contributed by atoms with E-state index in [0.29, 0.717) is 18.5 Å². The van der Waals surface area contributed by atoms with Gasteiger partial charge in [0.2, 0.25) is 0 Å². The molecule has 0 aliphatic carbocycles. The zero-order valence-corrected chi connectivity index (χ0v) is 27.4. The maximum atomic E-state index is 6.12. The van der Waals surface area contributed by atoms with Crippen molar-refractivity contribution in [3.63, 3.8) is 0 Å². The van der Waals surface area contributed by atoms with Gasteiger partial charge in [-0.3, -0.25) is 0 Å². The topological polar surface area (TPSA) is 21.7 Å². The van der Waals surface area contributed by atoms with Crippen LogP contribution in [0.5, 0.6) is 11.5 Å². The number of halogens is 2. The third kappa shape index (κ3) is 6.91. The first kappa shape index (κ1) is 28.7. The minimum atomic E-state index is 0.412. The summed E-state index contributed by atoms with van der Waals surface area (Å²) in [4.78, 5) is 4.68. The zero-order valence-electron chi connectivity index (χ0n) is 21.7. The lowest BCUT2D eigenvalue weighted by atomic mass is 10.1. The number of thiophene rings is 1. The number of benzene rings is 3. The van der Waals surface area contributed by atoms with E-state index in [1.807, 2.05) is 23.5 Å². The van der Waals surface area contributed by atoms with E-state index in [0.717, 1.165) is 59.5 Å². The van der Waals surface area contributed by atoms with E-state index in [2.05, 4.69) is 135 Å². The van der Waals surface area contributed by atoms with Crippen LogP contribution < -0.4 is 14.4 Å². The highest BCUT2D eigenvalue weighted by molar-refractivity contribution is 9.10. The van der Waals surface area contributed by atoms with E-state index in [1.54, 1.807) is 11.3 Å². The van der Waals surface area contributed by atoms with Gasteiger partial charge in [-0.05, 0) is 84.3 Å². The average molecular weight is 704 g/mol. The molecule has 3 nitrogen and oxygen atoms in total. The number of fused-ring (bicyclic) bond motifs is 1. The van der Waals surface area contributed by atoms with Crippen molar-refractivity contribution in [3.8, 4) is 11.5 Å². The molecule has 1 aliphatic heterocycles. The Hall–Kier alpha value is -1.84. The normalized spacial score (nSPS) is 13.5. The molecule has 0 radical (unpaired) electrons. The Kier molecular flexibility index (Phi) is 10.1. The molecule has 1 aliphatic rings. The summed E-state index contributed by atoms with van der Waals surface area (Å²) >= 11 is 12.8. The largest absolute Gasteiger partial charge is 0.485 e. The first-order valence-corrected chi connectivity index (χ1v) is 17.5. The fourth-order valence-corrected chi connectivity index (χ4v) is 8.39. The molecule has 0 N–H and O–H groups in total. The quantitative estimate of drug-likeness (QED) is 0.164.